The van der Waals surface area contributed by atoms with Crippen LogP contribution >= 0.6 is 0 Å². The highest BCUT2D eigenvalue weighted by Crippen LogP contribution is 2.41. The van der Waals surface area contributed by atoms with Crippen molar-refractivity contribution in [2.75, 3.05) is 0 Å². The predicted octanol–water partition coefficient (Wildman–Crippen LogP) is 4.48. The second-order valence-electron chi connectivity index (χ2n) is 11.2. The Morgan fingerprint density at radius 2 is 1.70 bits per heavy atom. The van der Waals surface area contributed by atoms with Gasteiger partial charge in [0.05, 0.1) is 6.54 Å². The molecule has 33 heavy (non-hydrogen) atoms. The summed E-state index contributed by atoms with van der Waals surface area (Å²) in [5.41, 5.74) is 0.362. The number of imide groups is 3. The SMILES string of the molecule is CC(C)(C)OC(=O)N1C(=O)CCC(N2Cc3c(O[Si](C)(C)C(C)(C)C)cccc3C2=O)C1=O. The van der Waals surface area contributed by atoms with E-state index >= 15 is 0 Å². The molecule has 1 aromatic carbocycles. The second-order valence-corrected chi connectivity index (χ2v) is 15.9. The summed E-state index contributed by atoms with van der Waals surface area (Å²) >= 11 is 0. The first-order valence-corrected chi connectivity index (χ1v) is 14.2. The van der Waals surface area contributed by atoms with E-state index in [1.54, 1.807) is 32.9 Å². The Kier molecular flexibility index (Phi) is 6.25. The third kappa shape index (κ3) is 4.83. The van der Waals surface area contributed by atoms with Crippen LogP contribution in [0.25, 0.3) is 0 Å². The summed E-state index contributed by atoms with van der Waals surface area (Å²) in [7, 11) is -2.15. The Morgan fingerprint density at radius 1 is 1.06 bits per heavy atom. The van der Waals surface area contributed by atoms with Crippen molar-refractivity contribution < 1.29 is 28.3 Å². The molecule has 2 aliphatic rings. The molecular formula is C24H34N2O6Si. The standard InChI is InChI=1S/C24H34N2O6Si/c1-23(2,3)31-22(30)26-19(27)13-12-17(21(26)29)25-14-16-15(20(25)28)10-9-11-18(16)32-33(7,8)24(4,5)6/h9-11,17H,12-14H2,1-8H3. The van der Waals surface area contributed by atoms with Gasteiger partial charge in [-0.15, -0.1) is 0 Å². The van der Waals surface area contributed by atoms with Crippen molar-refractivity contribution in [2.45, 2.75) is 90.7 Å². The van der Waals surface area contributed by atoms with Crippen molar-refractivity contribution in [1.82, 2.24) is 9.80 Å². The first kappa shape index (κ1) is 24.9. The van der Waals surface area contributed by atoms with Gasteiger partial charge in [-0.25, -0.2) is 4.79 Å². The summed E-state index contributed by atoms with van der Waals surface area (Å²) in [6.45, 7) is 15.9. The smallest absolute Gasteiger partial charge is 0.424 e. The summed E-state index contributed by atoms with van der Waals surface area (Å²) in [5, 5.41) is -0.0222. The number of carbonyl (C=O) groups is 4. The minimum absolute atomic E-state index is 0.0222. The molecule has 0 bridgehead atoms. The van der Waals surface area contributed by atoms with Gasteiger partial charge in [-0.05, 0) is 57.5 Å². The maximum Gasteiger partial charge on any atom is 0.424 e. The highest BCUT2D eigenvalue weighted by Gasteiger charge is 2.47. The van der Waals surface area contributed by atoms with Gasteiger partial charge in [0.25, 0.3) is 11.8 Å². The Morgan fingerprint density at radius 3 is 2.27 bits per heavy atom. The van der Waals surface area contributed by atoms with Crippen LogP contribution in [0.15, 0.2) is 18.2 Å². The maximum atomic E-state index is 13.3. The zero-order valence-corrected chi connectivity index (χ0v) is 21.8. The number of benzene rings is 1. The van der Waals surface area contributed by atoms with Gasteiger partial charge in [0, 0.05) is 17.5 Å². The van der Waals surface area contributed by atoms with Crippen LogP contribution in [0.2, 0.25) is 18.1 Å². The molecule has 1 atom stereocenters. The largest absolute Gasteiger partial charge is 0.543 e. The van der Waals surface area contributed by atoms with Gasteiger partial charge in [-0.2, -0.15) is 4.90 Å². The van der Waals surface area contributed by atoms with E-state index in [1.165, 1.54) is 4.90 Å². The van der Waals surface area contributed by atoms with Crippen LogP contribution in [0, 0.1) is 0 Å². The lowest BCUT2D eigenvalue weighted by molar-refractivity contribution is -0.150. The summed E-state index contributed by atoms with van der Waals surface area (Å²) < 4.78 is 11.7. The van der Waals surface area contributed by atoms with Crippen LogP contribution < -0.4 is 4.43 Å². The van der Waals surface area contributed by atoms with Crippen molar-refractivity contribution in [1.29, 1.82) is 0 Å². The van der Waals surface area contributed by atoms with Crippen LogP contribution in [0.5, 0.6) is 5.75 Å². The fraction of sp³-hybridized carbons (Fsp3) is 0.583. The van der Waals surface area contributed by atoms with E-state index in [9.17, 15) is 19.2 Å². The molecule has 2 aliphatic heterocycles. The summed E-state index contributed by atoms with van der Waals surface area (Å²) in [4.78, 5) is 53.3. The minimum Gasteiger partial charge on any atom is -0.543 e. The summed E-state index contributed by atoms with van der Waals surface area (Å²) in [6.07, 6.45) is -0.869. The summed E-state index contributed by atoms with van der Waals surface area (Å²) in [5.74, 6) is -0.995. The Hall–Kier alpha value is -2.68. The van der Waals surface area contributed by atoms with Crippen molar-refractivity contribution in [3.63, 3.8) is 0 Å². The van der Waals surface area contributed by atoms with Gasteiger partial charge >= 0.3 is 6.09 Å². The molecule has 0 aromatic heterocycles. The van der Waals surface area contributed by atoms with Gasteiger partial charge in [0.15, 0.2) is 0 Å². The van der Waals surface area contributed by atoms with E-state index < -0.39 is 37.9 Å². The maximum absolute atomic E-state index is 13.3. The molecule has 4 amide bonds. The van der Waals surface area contributed by atoms with Gasteiger partial charge in [-0.3, -0.25) is 14.4 Å². The molecule has 9 heteroatoms. The molecule has 0 radical (unpaired) electrons. The average molecular weight is 475 g/mol. The van der Waals surface area contributed by atoms with Gasteiger partial charge in [0.2, 0.25) is 14.2 Å². The fourth-order valence-corrected chi connectivity index (χ4v) is 4.70. The average Bonchev–Trinajstić information content (AvgIpc) is 2.97. The number of hydrogen-bond acceptors (Lipinski definition) is 6. The van der Waals surface area contributed by atoms with Crippen LogP contribution in [-0.2, 0) is 20.9 Å². The molecular weight excluding hydrogens is 440 g/mol. The monoisotopic (exact) mass is 474 g/mol. The predicted molar refractivity (Wildman–Crippen MR) is 125 cm³/mol. The molecule has 0 spiro atoms. The lowest BCUT2D eigenvalue weighted by Gasteiger charge is -2.37. The van der Waals surface area contributed by atoms with E-state index in [2.05, 4.69) is 33.9 Å². The van der Waals surface area contributed by atoms with Crippen LogP contribution in [0.1, 0.15) is 70.3 Å². The molecule has 0 saturated carbocycles. The normalized spacial score (nSPS) is 19.6. The number of rotatable bonds is 3. The number of carbonyl (C=O) groups excluding carboxylic acids is 4. The topological polar surface area (TPSA) is 93.2 Å². The third-order valence-electron chi connectivity index (χ3n) is 6.46. The number of fused-ring (bicyclic) bond motifs is 1. The van der Waals surface area contributed by atoms with Crippen molar-refractivity contribution in [3.8, 4) is 5.75 Å². The van der Waals surface area contributed by atoms with Crippen molar-refractivity contribution in [2.24, 2.45) is 0 Å². The van der Waals surface area contributed by atoms with Gasteiger partial charge in [-0.1, -0.05) is 26.8 Å². The Balaban J connectivity index is 1.87. The molecule has 3 rings (SSSR count). The van der Waals surface area contributed by atoms with E-state index in [-0.39, 0.29) is 30.3 Å². The molecule has 2 heterocycles. The molecule has 0 N–H and O–H groups in total. The highest BCUT2D eigenvalue weighted by atomic mass is 28.4. The molecule has 1 saturated heterocycles. The summed E-state index contributed by atoms with van der Waals surface area (Å²) in [6, 6.07) is 4.44. The van der Waals surface area contributed by atoms with Crippen molar-refractivity contribution >= 4 is 32.1 Å². The first-order valence-electron chi connectivity index (χ1n) is 11.2. The molecule has 180 valence electrons. The minimum atomic E-state index is -2.15. The first-order chi connectivity index (χ1) is 15.0. The van der Waals surface area contributed by atoms with E-state index in [1.807, 2.05) is 6.07 Å². The number of amides is 4. The van der Waals surface area contributed by atoms with E-state index in [0.717, 1.165) is 5.56 Å². The third-order valence-corrected chi connectivity index (χ3v) is 10.8. The number of ether oxygens (including phenoxy) is 1. The second kappa shape index (κ2) is 8.27. The van der Waals surface area contributed by atoms with Crippen LogP contribution in [-0.4, -0.2) is 53.6 Å². The van der Waals surface area contributed by atoms with Crippen molar-refractivity contribution in [3.05, 3.63) is 29.3 Å². The van der Waals surface area contributed by atoms with Crippen LogP contribution in [0.3, 0.4) is 0 Å². The molecule has 1 fully saturated rings. The zero-order chi connectivity index (χ0) is 24.9. The Bertz CT molecular complexity index is 1010. The Labute approximate surface area is 196 Å². The lowest BCUT2D eigenvalue weighted by atomic mass is 10.0. The van der Waals surface area contributed by atoms with E-state index in [4.69, 9.17) is 9.16 Å². The molecule has 1 aromatic rings. The quantitative estimate of drug-likeness (QED) is 0.474. The number of nitrogens with zero attached hydrogens (tertiary/aromatic N) is 2. The zero-order valence-electron chi connectivity index (χ0n) is 20.8. The highest BCUT2D eigenvalue weighted by molar-refractivity contribution is 6.74. The fourth-order valence-electron chi connectivity index (χ4n) is 3.66. The van der Waals surface area contributed by atoms with Gasteiger partial charge < -0.3 is 14.1 Å². The van der Waals surface area contributed by atoms with Crippen LogP contribution in [0.4, 0.5) is 4.79 Å². The number of hydrogen-bond donors (Lipinski definition) is 0. The molecule has 0 aliphatic carbocycles. The van der Waals surface area contributed by atoms with Gasteiger partial charge in [0.1, 0.15) is 17.4 Å². The number of likely N-dealkylation sites (tertiary alicyclic amines) is 1. The lowest BCUT2D eigenvalue weighted by Crippen LogP contribution is -2.57. The van der Waals surface area contributed by atoms with E-state index in [0.29, 0.717) is 16.2 Å². The molecule has 1 unspecified atom stereocenters. The number of piperidine rings is 1. The molecule has 8 nitrogen and oxygen atoms in total.